The Morgan fingerprint density at radius 1 is 1.29 bits per heavy atom. The number of hydrogen-bond acceptors (Lipinski definition) is 3. The monoisotopic (exact) mass is 291 g/mol. The molecule has 4 nitrogen and oxygen atoms in total. The first-order valence-corrected chi connectivity index (χ1v) is 7.48. The van der Waals surface area contributed by atoms with E-state index in [0.29, 0.717) is 13.1 Å². The molecule has 0 spiro atoms. The van der Waals surface area contributed by atoms with Gasteiger partial charge in [-0.1, -0.05) is 12.1 Å². The first-order chi connectivity index (χ1) is 9.78. The lowest BCUT2D eigenvalue weighted by molar-refractivity contribution is -0.156. The van der Waals surface area contributed by atoms with Crippen molar-refractivity contribution < 1.29 is 14.3 Å². The normalized spacial score (nSPS) is 23.0. The summed E-state index contributed by atoms with van der Waals surface area (Å²) in [5.41, 5.74) is 0.231. The van der Waals surface area contributed by atoms with E-state index in [1.165, 1.54) is 0 Å². The zero-order valence-corrected chi connectivity index (χ0v) is 13.6. The van der Waals surface area contributed by atoms with Crippen LogP contribution < -0.4 is 4.74 Å². The van der Waals surface area contributed by atoms with Gasteiger partial charge in [-0.2, -0.15) is 0 Å². The lowest BCUT2D eigenvalue weighted by Crippen LogP contribution is -2.55. The summed E-state index contributed by atoms with van der Waals surface area (Å²) in [5, 5.41) is 0. The SMILES string of the molecule is Cc1cccc(OC(C)(C)C(=O)N2CC(C)OC(C)C2)c1. The molecular formula is C17H25NO3. The lowest BCUT2D eigenvalue weighted by atomic mass is 10.1. The highest BCUT2D eigenvalue weighted by Crippen LogP contribution is 2.23. The topological polar surface area (TPSA) is 38.8 Å². The van der Waals surface area contributed by atoms with Gasteiger partial charge in [0, 0.05) is 13.1 Å². The number of amides is 1. The third-order valence-corrected chi connectivity index (χ3v) is 3.58. The van der Waals surface area contributed by atoms with Gasteiger partial charge < -0.3 is 14.4 Å². The zero-order valence-electron chi connectivity index (χ0n) is 13.6. The fraction of sp³-hybridized carbons (Fsp3) is 0.588. The van der Waals surface area contributed by atoms with Gasteiger partial charge >= 0.3 is 0 Å². The summed E-state index contributed by atoms with van der Waals surface area (Å²) in [6, 6.07) is 7.77. The Balaban J connectivity index is 2.09. The lowest BCUT2D eigenvalue weighted by Gasteiger charge is -2.39. The summed E-state index contributed by atoms with van der Waals surface area (Å²) < 4.78 is 11.6. The van der Waals surface area contributed by atoms with Gasteiger partial charge in [-0.15, -0.1) is 0 Å². The maximum atomic E-state index is 12.7. The minimum atomic E-state index is -0.884. The highest BCUT2D eigenvalue weighted by Gasteiger charge is 2.37. The van der Waals surface area contributed by atoms with Gasteiger partial charge in [0.05, 0.1) is 12.2 Å². The number of morpholine rings is 1. The highest BCUT2D eigenvalue weighted by atomic mass is 16.5. The molecule has 0 radical (unpaired) electrons. The maximum absolute atomic E-state index is 12.7. The molecule has 0 saturated carbocycles. The van der Waals surface area contributed by atoms with Crippen molar-refractivity contribution in [2.24, 2.45) is 0 Å². The van der Waals surface area contributed by atoms with Crippen molar-refractivity contribution in [3.05, 3.63) is 29.8 Å². The Labute approximate surface area is 127 Å². The van der Waals surface area contributed by atoms with Crippen molar-refractivity contribution in [1.29, 1.82) is 0 Å². The highest BCUT2D eigenvalue weighted by molar-refractivity contribution is 5.85. The van der Waals surface area contributed by atoms with Crippen LogP contribution in [0, 0.1) is 6.92 Å². The second kappa shape index (κ2) is 6.06. The van der Waals surface area contributed by atoms with Gasteiger partial charge in [0.1, 0.15) is 5.75 Å². The molecular weight excluding hydrogens is 266 g/mol. The molecule has 1 aromatic carbocycles. The van der Waals surface area contributed by atoms with Crippen molar-refractivity contribution in [1.82, 2.24) is 4.90 Å². The predicted molar refractivity (Wildman–Crippen MR) is 82.5 cm³/mol. The van der Waals surface area contributed by atoms with E-state index in [1.807, 2.05) is 63.8 Å². The van der Waals surface area contributed by atoms with Gasteiger partial charge in [0.25, 0.3) is 5.91 Å². The van der Waals surface area contributed by atoms with Crippen molar-refractivity contribution in [2.45, 2.75) is 52.4 Å². The Hall–Kier alpha value is -1.55. The van der Waals surface area contributed by atoms with Crippen molar-refractivity contribution >= 4 is 5.91 Å². The van der Waals surface area contributed by atoms with Gasteiger partial charge in [0.15, 0.2) is 5.60 Å². The molecule has 2 rings (SSSR count). The number of carbonyl (C=O) groups is 1. The van der Waals surface area contributed by atoms with E-state index in [9.17, 15) is 4.79 Å². The second-order valence-electron chi connectivity index (χ2n) is 6.40. The smallest absolute Gasteiger partial charge is 0.266 e. The van der Waals surface area contributed by atoms with E-state index < -0.39 is 5.60 Å². The molecule has 116 valence electrons. The van der Waals surface area contributed by atoms with Gasteiger partial charge in [-0.25, -0.2) is 0 Å². The molecule has 2 atom stereocenters. The van der Waals surface area contributed by atoms with E-state index in [1.54, 1.807) is 0 Å². The molecule has 2 unspecified atom stereocenters. The van der Waals surface area contributed by atoms with Crippen LogP contribution in [0.15, 0.2) is 24.3 Å². The summed E-state index contributed by atoms with van der Waals surface area (Å²) >= 11 is 0. The molecule has 0 aliphatic carbocycles. The number of ether oxygens (including phenoxy) is 2. The molecule has 1 aliphatic heterocycles. The number of carbonyl (C=O) groups excluding carboxylic acids is 1. The Kier molecular flexibility index (Phi) is 4.57. The average Bonchev–Trinajstić information content (AvgIpc) is 2.36. The molecule has 21 heavy (non-hydrogen) atoms. The molecule has 1 aliphatic rings. The van der Waals surface area contributed by atoms with E-state index in [2.05, 4.69) is 0 Å². The van der Waals surface area contributed by atoms with Crippen molar-refractivity contribution in [3.8, 4) is 5.75 Å². The van der Waals surface area contributed by atoms with E-state index in [-0.39, 0.29) is 18.1 Å². The fourth-order valence-electron chi connectivity index (χ4n) is 2.74. The predicted octanol–water partition coefficient (Wildman–Crippen LogP) is 2.79. The van der Waals surface area contributed by atoms with Crippen LogP contribution in [0.4, 0.5) is 0 Å². The van der Waals surface area contributed by atoms with E-state index in [4.69, 9.17) is 9.47 Å². The number of aryl methyl sites for hydroxylation is 1. The molecule has 0 aromatic heterocycles. The Morgan fingerprint density at radius 2 is 1.90 bits per heavy atom. The van der Waals surface area contributed by atoms with Crippen molar-refractivity contribution in [2.75, 3.05) is 13.1 Å². The van der Waals surface area contributed by atoms with Gasteiger partial charge in [-0.05, 0) is 52.3 Å². The Morgan fingerprint density at radius 3 is 2.48 bits per heavy atom. The number of nitrogens with zero attached hydrogens (tertiary/aromatic N) is 1. The van der Waals surface area contributed by atoms with Gasteiger partial charge in [-0.3, -0.25) is 4.79 Å². The molecule has 1 saturated heterocycles. The summed E-state index contributed by atoms with van der Waals surface area (Å²) in [7, 11) is 0. The van der Waals surface area contributed by atoms with Crippen LogP contribution in [0.3, 0.4) is 0 Å². The van der Waals surface area contributed by atoms with Gasteiger partial charge in [0.2, 0.25) is 0 Å². The minimum Gasteiger partial charge on any atom is -0.478 e. The largest absolute Gasteiger partial charge is 0.478 e. The van der Waals surface area contributed by atoms with Crippen LogP contribution >= 0.6 is 0 Å². The van der Waals surface area contributed by atoms with Crippen LogP contribution in [-0.2, 0) is 9.53 Å². The summed E-state index contributed by atoms with van der Waals surface area (Å²) in [5.74, 6) is 0.730. The van der Waals surface area contributed by atoms with Crippen LogP contribution in [0.2, 0.25) is 0 Å². The molecule has 0 N–H and O–H groups in total. The number of benzene rings is 1. The fourth-order valence-corrected chi connectivity index (χ4v) is 2.74. The van der Waals surface area contributed by atoms with Crippen LogP contribution in [0.5, 0.6) is 5.75 Å². The molecule has 1 amide bonds. The quantitative estimate of drug-likeness (QED) is 0.859. The first kappa shape index (κ1) is 15.8. The van der Waals surface area contributed by atoms with Crippen LogP contribution in [0.1, 0.15) is 33.3 Å². The third-order valence-electron chi connectivity index (χ3n) is 3.58. The number of hydrogen-bond donors (Lipinski definition) is 0. The summed E-state index contributed by atoms with van der Waals surface area (Å²) in [6.07, 6.45) is 0.125. The molecule has 4 heteroatoms. The summed E-state index contributed by atoms with van der Waals surface area (Å²) in [4.78, 5) is 14.6. The molecule has 0 bridgehead atoms. The van der Waals surface area contributed by atoms with E-state index >= 15 is 0 Å². The first-order valence-electron chi connectivity index (χ1n) is 7.48. The summed E-state index contributed by atoms with van der Waals surface area (Å²) in [6.45, 7) is 10.9. The minimum absolute atomic E-state index is 0.00556. The number of rotatable bonds is 3. The van der Waals surface area contributed by atoms with Crippen LogP contribution in [0.25, 0.3) is 0 Å². The average molecular weight is 291 g/mol. The third kappa shape index (κ3) is 3.97. The maximum Gasteiger partial charge on any atom is 0.266 e. The second-order valence-corrected chi connectivity index (χ2v) is 6.40. The van der Waals surface area contributed by atoms with E-state index in [0.717, 1.165) is 11.3 Å². The zero-order chi connectivity index (χ0) is 15.6. The standard InChI is InChI=1S/C17H25NO3/c1-12-7-6-8-15(9-12)21-17(4,5)16(19)18-10-13(2)20-14(3)11-18/h6-9,13-14H,10-11H2,1-5H3. The molecule has 1 fully saturated rings. The Bertz CT molecular complexity index is 503. The molecule has 1 heterocycles. The molecule has 1 aromatic rings. The van der Waals surface area contributed by atoms with Crippen molar-refractivity contribution in [3.63, 3.8) is 0 Å². The van der Waals surface area contributed by atoms with Crippen LogP contribution in [-0.4, -0.2) is 41.7 Å².